The zero-order valence-corrected chi connectivity index (χ0v) is 14.8. The van der Waals surface area contributed by atoms with Crippen molar-refractivity contribution in [2.24, 2.45) is 0 Å². The fourth-order valence-electron chi connectivity index (χ4n) is 2.43. The van der Waals surface area contributed by atoms with Crippen LogP contribution in [0, 0.1) is 11.3 Å². The van der Waals surface area contributed by atoms with Crippen LogP contribution in [-0.2, 0) is 0 Å². The Balaban J connectivity index is 1.76. The molecule has 0 unspecified atom stereocenters. The van der Waals surface area contributed by atoms with Crippen LogP contribution in [0.5, 0.6) is 0 Å². The molecule has 0 atom stereocenters. The van der Waals surface area contributed by atoms with E-state index in [1.54, 1.807) is 66.7 Å². The summed E-state index contributed by atoms with van der Waals surface area (Å²) in [6, 6.07) is 21.9. The van der Waals surface area contributed by atoms with Gasteiger partial charge in [-0.2, -0.15) is 5.26 Å². The number of nitriles is 1. The summed E-state index contributed by atoms with van der Waals surface area (Å²) >= 11 is 6.05. The average molecular weight is 376 g/mol. The Kier molecular flexibility index (Phi) is 5.50. The number of carbonyl (C=O) groups is 2. The molecule has 0 heterocycles. The molecule has 0 radical (unpaired) electrons. The summed E-state index contributed by atoms with van der Waals surface area (Å²) in [6.45, 7) is 0. The lowest BCUT2D eigenvalue weighted by molar-refractivity contribution is 0.102. The molecule has 2 N–H and O–H groups in total. The number of hydrogen-bond donors (Lipinski definition) is 2. The Morgan fingerprint density at radius 2 is 1.48 bits per heavy atom. The highest BCUT2D eigenvalue weighted by Crippen LogP contribution is 2.21. The van der Waals surface area contributed by atoms with E-state index in [1.807, 2.05) is 6.07 Å². The Hall–Kier alpha value is -3.62. The summed E-state index contributed by atoms with van der Waals surface area (Å²) < 4.78 is 0. The summed E-state index contributed by atoms with van der Waals surface area (Å²) in [7, 11) is 0. The van der Waals surface area contributed by atoms with Gasteiger partial charge in [0.15, 0.2) is 0 Å². The molecule has 0 aromatic heterocycles. The molecule has 6 heteroatoms. The lowest BCUT2D eigenvalue weighted by Gasteiger charge is -2.09. The standard InChI is InChI=1S/C21H14ClN3O2/c22-18-9-1-2-10-19(18)25-21(27)16-7-4-6-15(12-16)20(26)24-17-8-3-5-14(11-17)13-23/h1-12H,(H,24,26)(H,25,27). The maximum Gasteiger partial charge on any atom is 0.255 e. The van der Waals surface area contributed by atoms with Gasteiger partial charge in [0.25, 0.3) is 11.8 Å². The van der Waals surface area contributed by atoms with E-state index >= 15 is 0 Å². The fraction of sp³-hybridized carbons (Fsp3) is 0. The monoisotopic (exact) mass is 375 g/mol. The topological polar surface area (TPSA) is 82.0 Å². The molecule has 0 saturated heterocycles. The summed E-state index contributed by atoms with van der Waals surface area (Å²) in [5.74, 6) is -0.748. The minimum atomic E-state index is -0.377. The number of nitrogens with one attached hydrogen (secondary N) is 2. The van der Waals surface area contributed by atoms with E-state index in [-0.39, 0.29) is 11.8 Å². The van der Waals surface area contributed by atoms with Crippen molar-refractivity contribution < 1.29 is 9.59 Å². The highest BCUT2D eigenvalue weighted by atomic mass is 35.5. The number of anilines is 2. The SMILES string of the molecule is N#Cc1cccc(NC(=O)c2cccc(C(=O)Nc3ccccc3Cl)c2)c1. The van der Waals surface area contributed by atoms with Crippen LogP contribution in [0.3, 0.4) is 0 Å². The van der Waals surface area contributed by atoms with E-state index in [0.717, 1.165) is 0 Å². The smallest absolute Gasteiger partial charge is 0.255 e. The lowest BCUT2D eigenvalue weighted by atomic mass is 10.1. The minimum Gasteiger partial charge on any atom is -0.322 e. The second kappa shape index (κ2) is 8.17. The number of halogens is 1. The minimum absolute atomic E-state index is 0.323. The second-order valence-electron chi connectivity index (χ2n) is 5.66. The number of benzene rings is 3. The van der Waals surface area contributed by atoms with Gasteiger partial charge in [0.2, 0.25) is 0 Å². The molecule has 0 bridgehead atoms. The summed E-state index contributed by atoms with van der Waals surface area (Å²) in [6.07, 6.45) is 0. The van der Waals surface area contributed by atoms with E-state index in [4.69, 9.17) is 16.9 Å². The molecule has 0 aliphatic carbocycles. The first-order valence-electron chi connectivity index (χ1n) is 8.04. The molecular formula is C21H14ClN3O2. The van der Waals surface area contributed by atoms with Gasteiger partial charge in [-0.05, 0) is 48.5 Å². The first kappa shape index (κ1) is 18.2. The molecule has 0 spiro atoms. The van der Waals surface area contributed by atoms with Crippen molar-refractivity contribution in [1.82, 2.24) is 0 Å². The molecule has 3 rings (SSSR count). The number of rotatable bonds is 4. The molecule has 0 saturated carbocycles. The van der Waals surface area contributed by atoms with Crippen LogP contribution < -0.4 is 10.6 Å². The Bertz CT molecular complexity index is 1060. The molecule has 0 fully saturated rings. The Labute approximate surface area is 161 Å². The van der Waals surface area contributed by atoms with Crippen LogP contribution in [0.1, 0.15) is 26.3 Å². The zero-order chi connectivity index (χ0) is 19.2. The third-order valence-electron chi connectivity index (χ3n) is 3.76. The molecule has 0 aliphatic heterocycles. The molecule has 5 nitrogen and oxygen atoms in total. The highest BCUT2D eigenvalue weighted by Gasteiger charge is 2.12. The van der Waals surface area contributed by atoms with Crippen molar-refractivity contribution in [3.63, 3.8) is 0 Å². The number of carbonyl (C=O) groups excluding carboxylic acids is 2. The van der Waals surface area contributed by atoms with E-state index < -0.39 is 0 Å². The van der Waals surface area contributed by atoms with Crippen molar-refractivity contribution in [3.8, 4) is 6.07 Å². The zero-order valence-electron chi connectivity index (χ0n) is 14.1. The second-order valence-corrected chi connectivity index (χ2v) is 6.07. The Morgan fingerprint density at radius 3 is 2.19 bits per heavy atom. The average Bonchev–Trinajstić information content (AvgIpc) is 2.70. The number of para-hydroxylation sites is 1. The van der Waals surface area contributed by atoms with Crippen molar-refractivity contribution in [1.29, 1.82) is 5.26 Å². The van der Waals surface area contributed by atoms with E-state index in [9.17, 15) is 9.59 Å². The number of hydrogen-bond acceptors (Lipinski definition) is 3. The first-order chi connectivity index (χ1) is 13.1. The van der Waals surface area contributed by atoms with Crippen LogP contribution in [0.15, 0.2) is 72.8 Å². The predicted octanol–water partition coefficient (Wildman–Crippen LogP) is 4.72. The van der Waals surface area contributed by atoms with Crippen LogP contribution >= 0.6 is 11.6 Å². The van der Waals surface area contributed by atoms with Gasteiger partial charge in [-0.1, -0.05) is 35.9 Å². The van der Waals surface area contributed by atoms with Crippen molar-refractivity contribution in [2.75, 3.05) is 10.6 Å². The van der Waals surface area contributed by atoms with Crippen LogP contribution in [0.2, 0.25) is 5.02 Å². The van der Waals surface area contributed by atoms with Gasteiger partial charge in [-0.3, -0.25) is 9.59 Å². The maximum atomic E-state index is 12.5. The number of nitrogens with zero attached hydrogens (tertiary/aromatic N) is 1. The highest BCUT2D eigenvalue weighted by molar-refractivity contribution is 6.33. The largest absolute Gasteiger partial charge is 0.322 e. The first-order valence-corrected chi connectivity index (χ1v) is 8.42. The van der Waals surface area contributed by atoms with Gasteiger partial charge in [-0.15, -0.1) is 0 Å². The van der Waals surface area contributed by atoms with E-state index in [2.05, 4.69) is 10.6 Å². The maximum absolute atomic E-state index is 12.5. The molecule has 0 aliphatic rings. The fourth-order valence-corrected chi connectivity index (χ4v) is 2.61. The van der Waals surface area contributed by atoms with E-state index in [0.29, 0.717) is 33.1 Å². The molecule has 3 aromatic rings. The van der Waals surface area contributed by atoms with Gasteiger partial charge in [0, 0.05) is 16.8 Å². The molecule has 27 heavy (non-hydrogen) atoms. The van der Waals surface area contributed by atoms with Gasteiger partial charge >= 0.3 is 0 Å². The van der Waals surface area contributed by atoms with Gasteiger partial charge in [0.05, 0.1) is 22.3 Å². The molecular weight excluding hydrogens is 362 g/mol. The van der Waals surface area contributed by atoms with E-state index in [1.165, 1.54) is 6.07 Å². The lowest BCUT2D eigenvalue weighted by Crippen LogP contribution is -2.15. The summed E-state index contributed by atoms with van der Waals surface area (Å²) in [5.41, 5.74) is 2.09. The van der Waals surface area contributed by atoms with Crippen LogP contribution in [0.25, 0.3) is 0 Å². The molecule has 3 aromatic carbocycles. The van der Waals surface area contributed by atoms with Crippen LogP contribution in [-0.4, -0.2) is 11.8 Å². The Morgan fingerprint density at radius 1 is 0.815 bits per heavy atom. The third kappa shape index (κ3) is 4.51. The molecule has 132 valence electrons. The molecule has 2 amide bonds. The summed E-state index contributed by atoms with van der Waals surface area (Å²) in [5, 5.41) is 14.8. The van der Waals surface area contributed by atoms with Gasteiger partial charge < -0.3 is 10.6 Å². The van der Waals surface area contributed by atoms with Crippen molar-refractivity contribution in [3.05, 3.63) is 94.5 Å². The summed E-state index contributed by atoms with van der Waals surface area (Å²) in [4.78, 5) is 24.9. The quantitative estimate of drug-likeness (QED) is 0.692. The van der Waals surface area contributed by atoms with Crippen molar-refractivity contribution >= 4 is 34.8 Å². The van der Waals surface area contributed by atoms with Gasteiger partial charge in [-0.25, -0.2) is 0 Å². The van der Waals surface area contributed by atoms with Crippen LogP contribution in [0.4, 0.5) is 11.4 Å². The third-order valence-corrected chi connectivity index (χ3v) is 4.09. The number of amides is 2. The normalized spacial score (nSPS) is 9.93. The van der Waals surface area contributed by atoms with Crippen molar-refractivity contribution in [2.45, 2.75) is 0 Å². The van der Waals surface area contributed by atoms with Gasteiger partial charge in [0.1, 0.15) is 0 Å². The predicted molar refractivity (Wildman–Crippen MR) is 105 cm³/mol.